The lowest BCUT2D eigenvalue weighted by molar-refractivity contribution is -0.137. The van der Waals surface area contributed by atoms with Crippen molar-refractivity contribution in [3.05, 3.63) is 65.1 Å². The maximum atomic E-state index is 14.4. The number of benzene rings is 2. The minimum absolute atomic E-state index is 0.0713. The third-order valence-corrected chi connectivity index (χ3v) is 8.17. The maximum absolute atomic E-state index is 14.4. The highest BCUT2D eigenvalue weighted by Crippen LogP contribution is 2.41. The minimum Gasteiger partial charge on any atom is -0.486 e. The molecule has 0 bridgehead atoms. The molecule has 1 atom stereocenters. The predicted molar refractivity (Wildman–Crippen MR) is 145 cm³/mol. The van der Waals surface area contributed by atoms with Gasteiger partial charge in [-0.05, 0) is 57.0 Å². The first kappa shape index (κ1) is 30.1. The van der Waals surface area contributed by atoms with Crippen molar-refractivity contribution in [2.24, 2.45) is 0 Å². The topological polar surface area (TPSA) is 90.7 Å². The molecule has 0 saturated heterocycles. The lowest BCUT2D eigenvalue weighted by atomic mass is 10.0. The van der Waals surface area contributed by atoms with Crippen LogP contribution in [0.3, 0.4) is 0 Å². The van der Waals surface area contributed by atoms with Crippen molar-refractivity contribution in [1.29, 1.82) is 0 Å². The third-order valence-electron chi connectivity index (χ3n) is 6.40. The van der Waals surface area contributed by atoms with E-state index in [4.69, 9.17) is 9.47 Å². The molecule has 4 rings (SSSR count). The van der Waals surface area contributed by atoms with Crippen molar-refractivity contribution < 1.29 is 40.2 Å². The summed E-state index contributed by atoms with van der Waals surface area (Å²) in [4.78, 5) is 11.4. The maximum Gasteiger partial charge on any atom is 0.417 e. The number of aromatic nitrogens is 2. The molecule has 8 nitrogen and oxygen atoms in total. The van der Waals surface area contributed by atoms with E-state index in [0.717, 1.165) is 28.6 Å². The SMILES string of the molecule is CCOc1nn(CC)cc1S(=O)(=O)N1CC(CCC(C)=O)Oc2ccc(C=Cc3c(F)cccc3C(F)(F)F)cc21. The summed E-state index contributed by atoms with van der Waals surface area (Å²) in [5, 5.41) is 4.21. The Balaban J connectivity index is 1.79. The minimum atomic E-state index is -4.77. The molecule has 1 unspecified atom stereocenters. The number of hydrogen-bond acceptors (Lipinski definition) is 6. The Morgan fingerprint density at radius 1 is 1.20 bits per heavy atom. The Bertz CT molecular complexity index is 1570. The van der Waals surface area contributed by atoms with Gasteiger partial charge in [-0.3, -0.25) is 8.99 Å². The Labute approximate surface area is 235 Å². The summed E-state index contributed by atoms with van der Waals surface area (Å²) in [7, 11) is -4.28. The number of ketones is 1. The number of halogens is 4. The second kappa shape index (κ2) is 11.9. The van der Waals surface area contributed by atoms with E-state index in [1.165, 1.54) is 42.1 Å². The van der Waals surface area contributed by atoms with Crippen molar-refractivity contribution in [3.8, 4) is 11.6 Å². The number of alkyl halides is 3. The number of Topliss-reactive ketones (excluding diaryl/α,β-unsaturated/α-hetero) is 1. The van der Waals surface area contributed by atoms with Crippen LogP contribution in [0.5, 0.6) is 11.6 Å². The molecule has 1 aromatic heterocycles. The van der Waals surface area contributed by atoms with E-state index in [1.807, 2.05) is 0 Å². The summed E-state index contributed by atoms with van der Waals surface area (Å²) >= 11 is 0. The van der Waals surface area contributed by atoms with Gasteiger partial charge in [0.05, 0.1) is 24.4 Å². The lowest BCUT2D eigenvalue weighted by Gasteiger charge is -2.35. The van der Waals surface area contributed by atoms with Crippen LogP contribution in [0.1, 0.15) is 50.3 Å². The van der Waals surface area contributed by atoms with Crippen LogP contribution in [-0.2, 0) is 27.5 Å². The van der Waals surface area contributed by atoms with Crippen molar-refractivity contribution in [2.45, 2.75) is 57.3 Å². The van der Waals surface area contributed by atoms with E-state index in [-0.39, 0.29) is 54.0 Å². The number of nitrogens with zero attached hydrogens (tertiary/aromatic N) is 3. The molecule has 2 heterocycles. The summed E-state index contributed by atoms with van der Waals surface area (Å²) in [5.41, 5.74) is -1.34. The van der Waals surface area contributed by atoms with Crippen LogP contribution in [0.2, 0.25) is 0 Å². The fraction of sp³-hybridized carbons (Fsp3) is 0.357. The first-order chi connectivity index (χ1) is 19.3. The quantitative estimate of drug-likeness (QED) is 0.212. The molecule has 1 aliphatic rings. The molecule has 0 radical (unpaired) electrons. The summed E-state index contributed by atoms with van der Waals surface area (Å²) in [5.74, 6) is -0.999. The molecule has 0 fully saturated rings. The molecular formula is C28H29F4N3O5S. The Morgan fingerprint density at radius 3 is 2.61 bits per heavy atom. The van der Waals surface area contributed by atoms with Gasteiger partial charge in [0.15, 0.2) is 4.90 Å². The fourth-order valence-electron chi connectivity index (χ4n) is 4.39. The number of sulfonamides is 1. The Hall–Kier alpha value is -3.87. The van der Waals surface area contributed by atoms with Crippen molar-refractivity contribution in [1.82, 2.24) is 9.78 Å². The van der Waals surface area contributed by atoms with Gasteiger partial charge in [-0.1, -0.05) is 24.3 Å². The highest BCUT2D eigenvalue weighted by Gasteiger charge is 2.38. The molecular weight excluding hydrogens is 566 g/mol. The fourth-order valence-corrected chi connectivity index (χ4v) is 5.96. The van der Waals surface area contributed by atoms with Crippen LogP contribution < -0.4 is 13.8 Å². The molecule has 220 valence electrons. The van der Waals surface area contributed by atoms with Crippen molar-refractivity contribution in [2.75, 3.05) is 17.5 Å². The monoisotopic (exact) mass is 595 g/mol. The highest BCUT2D eigenvalue weighted by atomic mass is 32.2. The van der Waals surface area contributed by atoms with E-state index in [0.29, 0.717) is 12.1 Å². The molecule has 1 aliphatic heterocycles. The number of carbonyl (C=O) groups excluding carboxylic acids is 1. The van der Waals surface area contributed by atoms with E-state index >= 15 is 0 Å². The zero-order valence-corrected chi connectivity index (χ0v) is 23.4. The number of ether oxygens (including phenoxy) is 2. The first-order valence-corrected chi connectivity index (χ1v) is 14.4. The smallest absolute Gasteiger partial charge is 0.417 e. The molecule has 0 aliphatic carbocycles. The van der Waals surface area contributed by atoms with Crippen LogP contribution in [0.15, 0.2) is 47.5 Å². The number of carbonyl (C=O) groups is 1. The van der Waals surface area contributed by atoms with Crippen molar-refractivity contribution >= 4 is 33.6 Å². The molecule has 0 saturated carbocycles. The standard InChI is InChI=1S/C28H29F4N3O5S/c1-4-34-17-26(27(33-34)39-5-2)41(37,38)35-16-20(12-9-18(3)36)40-25-14-11-19(15-24(25)35)10-13-21-22(28(30,31)32)7-6-8-23(21)29/h6-8,10-11,13-15,17,20H,4-5,9,12,16H2,1-3H3. The van der Waals surface area contributed by atoms with Gasteiger partial charge in [0.1, 0.15) is 23.5 Å². The first-order valence-electron chi connectivity index (χ1n) is 12.9. The molecule has 3 aromatic rings. The van der Waals surface area contributed by atoms with Crippen molar-refractivity contribution in [3.63, 3.8) is 0 Å². The summed E-state index contributed by atoms with van der Waals surface area (Å²) in [6.45, 7) is 5.35. The number of aryl methyl sites for hydroxylation is 1. The number of anilines is 1. The Kier molecular flexibility index (Phi) is 8.76. The van der Waals surface area contributed by atoms with Crippen LogP contribution in [0.4, 0.5) is 23.2 Å². The summed E-state index contributed by atoms with van der Waals surface area (Å²) in [6.07, 6.45) is -1.35. The second-order valence-corrected chi connectivity index (χ2v) is 11.2. The van der Waals surface area contributed by atoms with Crippen LogP contribution in [-0.4, -0.2) is 43.2 Å². The molecule has 0 amide bonds. The zero-order chi connectivity index (χ0) is 29.9. The van der Waals surface area contributed by atoms with Gasteiger partial charge in [-0.2, -0.15) is 13.2 Å². The normalized spacial score (nSPS) is 15.6. The van der Waals surface area contributed by atoms with Crippen LogP contribution in [0, 0.1) is 5.82 Å². The lowest BCUT2D eigenvalue weighted by Crippen LogP contribution is -2.43. The molecule has 41 heavy (non-hydrogen) atoms. The zero-order valence-electron chi connectivity index (χ0n) is 22.6. The van der Waals surface area contributed by atoms with E-state index in [9.17, 15) is 30.8 Å². The molecule has 0 N–H and O–H groups in total. The van der Waals surface area contributed by atoms with E-state index in [1.54, 1.807) is 13.8 Å². The van der Waals surface area contributed by atoms with Gasteiger partial charge in [0.25, 0.3) is 15.9 Å². The largest absolute Gasteiger partial charge is 0.486 e. The second-order valence-electron chi connectivity index (χ2n) is 9.36. The third kappa shape index (κ3) is 6.55. The van der Waals surface area contributed by atoms with Crippen LogP contribution in [0.25, 0.3) is 12.2 Å². The van der Waals surface area contributed by atoms with Gasteiger partial charge < -0.3 is 14.3 Å². The predicted octanol–water partition coefficient (Wildman–Crippen LogP) is 5.96. The summed E-state index contributed by atoms with van der Waals surface area (Å²) in [6, 6.07) is 7.13. The highest BCUT2D eigenvalue weighted by molar-refractivity contribution is 7.93. The number of hydrogen-bond donors (Lipinski definition) is 0. The van der Waals surface area contributed by atoms with E-state index in [2.05, 4.69) is 5.10 Å². The van der Waals surface area contributed by atoms with Gasteiger partial charge >= 0.3 is 6.18 Å². The van der Waals surface area contributed by atoms with Gasteiger partial charge in [0.2, 0.25) is 0 Å². The average Bonchev–Trinajstić information content (AvgIpc) is 3.34. The number of fused-ring (bicyclic) bond motifs is 1. The van der Waals surface area contributed by atoms with E-state index < -0.39 is 39.2 Å². The Morgan fingerprint density at radius 2 is 1.95 bits per heavy atom. The van der Waals surface area contributed by atoms with Gasteiger partial charge in [-0.25, -0.2) is 12.8 Å². The molecule has 13 heteroatoms. The average molecular weight is 596 g/mol. The molecule has 0 spiro atoms. The number of rotatable bonds is 10. The summed E-state index contributed by atoms with van der Waals surface area (Å²) < 4.78 is 96.8. The van der Waals surface area contributed by atoms with Crippen LogP contribution >= 0.6 is 0 Å². The van der Waals surface area contributed by atoms with Gasteiger partial charge in [-0.15, -0.1) is 5.10 Å². The molecule has 2 aromatic carbocycles. The van der Waals surface area contributed by atoms with Gasteiger partial charge in [0, 0.05) is 24.7 Å².